The van der Waals surface area contributed by atoms with Crippen LogP contribution >= 0.6 is 0 Å². The summed E-state index contributed by atoms with van der Waals surface area (Å²) in [5.41, 5.74) is 0. The van der Waals surface area contributed by atoms with Crippen molar-refractivity contribution in [3.05, 3.63) is 18.1 Å². The largest absolute Gasteiger partial charge is 0.433 e. The molecule has 0 spiro atoms. The molecule has 0 aliphatic rings. The molecule has 0 aromatic carbocycles. The zero-order chi connectivity index (χ0) is 9.64. The van der Waals surface area contributed by atoms with Gasteiger partial charge in [-0.05, 0) is 6.07 Å². The first kappa shape index (κ1) is 8.31. The van der Waals surface area contributed by atoms with Crippen molar-refractivity contribution in [3.8, 4) is 0 Å². The molecule has 0 radical (unpaired) electrons. The maximum absolute atomic E-state index is 13.2. The lowest BCUT2D eigenvalue weighted by Crippen LogP contribution is -1.96. The van der Waals surface area contributed by atoms with Crippen LogP contribution < -0.4 is 0 Å². The number of rotatable bonds is 1. The highest BCUT2D eigenvalue weighted by molar-refractivity contribution is 7.90. The molecule has 13 heavy (non-hydrogen) atoms. The van der Waals surface area contributed by atoms with E-state index in [4.69, 9.17) is 4.42 Å². The molecule has 6 heteroatoms. The minimum atomic E-state index is -3.67. The molecule has 2 heterocycles. The molecule has 0 unspecified atom stereocenters. The summed E-state index contributed by atoms with van der Waals surface area (Å²) in [7, 11) is -3.67. The first-order valence-electron chi connectivity index (χ1n) is 3.35. The molecule has 0 saturated carbocycles. The second kappa shape index (κ2) is 2.35. The molecule has 0 aliphatic heterocycles. The third-order valence-electron chi connectivity index (χ3n) is 1.57. The van der Waals surface area contributed by atoms with Crippen molar-refractivity contribution < 1.29 is 21.6 Å². The molecule has 2 aromatic rings. The van der Waals surface area contributed by atoms with Crippen molar-refractivity contribution in [1.29, 1.82) is 0 Å². The van der Waals surface area contributed by atoms with Crippen LogP contribution in [-0.2, 0) is 9.84 Å². The van der Waals surface area contributed by atoms with Gasteiger partial charge in [-0.3, -0.25) is 0 Å². The Balaban J connectivity index is 2.86. The van der Waals surface area contributed by atoms with E-state index in [1.807, 2.05) is 0 Å². The van der Waals surface area contributed by atoms with E-state index >= 15 is 0 Å². The Kier molecular flexibility index (Phi) is 1.50. The number of sulfone groups is 1. The second-order valence-corrected chi connectivity index (χ2v) is 4.51. The molecular formula is C7H5FO4S. The molecular weight excluding hydrogens is 199 g/mol. The fraction of sp³-hybridized carbons (Fsp3) is 0.143. The average Bonchev–Trinajstić information content (AvgIpc) is 2.51. The first-order chi connectivity index (χ1) is 6.00. The summed E-state index contributed by atoms with van der Waals surface area (Å²) in [4.78, 5) is 0. The smallest absolute Gasteiger partial charge is 0.301 e. The maximum Gasteiger partial charge on any atom is 0.301 e. The fourth-order valence-corrected chi connectivity index (χ4v) is 1.68. The van der Waals surface area contributed by atoms with Gasteiger partial charge in [0.25, 0.3) is 5.09 Å². The Morgan fingerprint density at radius 1 is 1.46 bits per heavy atom. The monoisotopic (exact) mass is 204 g/mol. The summed E-state index contributed by atoms with van der Waals surface area (Å²) >= 11 is 0. The Morgan fingerprint density at radius 3 is 2.69 bits per heavy atom. The molecule has 0 amide bonds. The van der Waals surface area contributed by atoms with Crippen LogP contribution in [0.25, 0.3) is 11.2 Å². The number of hydrogen-bond donors (Lipinski definition) is 0. The summed E-state index contributed by atoms with van der Waals surface area (Å²) in [5.74, 6) is -1.01. The van der Waals surface area contributed by atoms with Crippen molar-refractivity contribution >= 4 is 21.0 Å². The average molecular weight is 204 g/mol. The van der Waals surface area contributed by atoms with Crippen molar-refractivity contribution in [1.82, 2.24) is 0 Å². The summed E-state index contributed by atoms with van der Waals surface area (Å²) < 4.78 is 44.5. The van der Waals surface area contributed by atoms with E-state index in [2.05, 4.69) is 4.42 Å². The number of furan rings is 2. The van der Waals surface area contributed by atoms with E-state index in [0.717, 1.165) is 6.26 Å². The maximum atomic E-state index is 13.2. The van der Waals surface area contributed by atoms with Crippen molar-refractivity contribution in [2.45, 2.75) is 5.09 Å². The van der Waals surface area contributed by atoms with Crippen LogP contribution in [-0.4, -0.2) is 14.7 Å². The molecule has 4 nitrogen and oxygen atoms in total. The lowest BCUT2D eigenvalue weighted by atomic mass is 10.4. The highest BCUT2D eigenvalue weighted by atomic mass is 32.2. The van der Waals surface area contributed by atoms with E-state index in [1.165, 1.54) is 12.3 Å². The Hall–Kier alpha value is -1.30. The standard InChI is InChI=1S/C7H5FO4S/c1-13(9,10)7-5(8)4-2-3-11-6(4)12-7/h2-3H,1H3. The van der Waals surface area contributed by atoms with E-state index in [1.54, 1.807) is 0 Å². The topological polar surface area (TPSA) is 60.4 Å². The predicted molar refractivity (Wildman–Crippen MR) is 41.5 cm³/mol. The van der Waals surface area contributed by atoms with E-state index in [9.17, 15) is 12.8 Å². The van der Waals surface area contributed by atoms with Gasteiger partial charge in [-0.25, -0.2) is 12.8 Å². The van der Waals surface area contributed by atoms with Gasteiger partial charge in [-0.2, -0.15) is 0 Å². The molecule has 0 atom stereocenters. The first-order valence-corrected chi connectivity index (χ1v) is 5.25. The van der Waals surface area contributed by atoms with Gasteiger partial charge < -0.3 is 8.83 Å². The van der Waals surface area contributed by atoms with E-state index in [-0.39, 0.29) is 11.2 Å². The lowest BCUT2D eigenvalue weighted by Gasteiger charge is -1.89. The van der Waals surface area contributed by atoms with Crippen molar-refractivity contribution in [2.24, 2.45) is 0 Å². The summed E-state index contributed by atoms with van der Waals surface area (Å²) in [6.07, 6.45) is 2.09. The molecule has 0 saturated heterocycles. The van der Waals surface area contributed by atoms with Crippen LogP contribution in [0.2, 0.25) is 0 Å². The fourth-order valence-electron chi connectivity index (χ4n) is 1.01. The zero-order valence-corrected chi connectivity index (χ0v) is 7.39. The van der Waals surface area contributed by atoms with Gasteiger partial charge in [-0.15, -0.1) is 0 Å². The van der Waals surface area contributed by atoms with Gasteiger partial charge in [0, 0.05) is 6.26 Å². The highest BCUT2D eigenvalue weighted by Crippen LogP contribution is 2.27. The number of halogens is 1. The Labute approximate surface area is 72.9 Å². The van der Waals surface area contributed by atoms with E-state index in [0.29, 0.717) is 0 Å². The predicted octanol–water partition coefficient (Wildman–Crippen LogP) is 1.57. The second-order valence-electron chi connectivity index (χ2n) is 2.60. The van der Waals surface area contributed by atoms with Crippen LogP contribution in [0.3, 0.4) is 0 Å². The third-order valence-corrected chi connectivity index (χ3v) is 2.50. The Bertz CT molecular complexity index is 548. The minimum absolute atomic E-state index is 0.0421. The SMILES string of the molecule is CS(=O)(=O)c1oc2occc2c1F. The van der Waals surface area contributed by atoms with Crippen molar-refractivity contribution in [3.63, 3.8) is 0 Å². The summed E-state index contributed by atoms with van der Waals surface area (Å²) in [5, 5.41) is -0.637. The lowest BCUT2D eigenvalue weighted by molar-refractivity contribution is 0.389. The molecule has 2 rings (SSSR count). The Morgan fingerprint density at radius 2 is 2.15 bits per heavy atom. The highest BCUT2D eigenvalue weighted by Gasteiger charge is 2.23. The quantitative estimate of drug-likeness (QED) is 0.707. The normalized spacial score (nSPS) is 12.5. The van der Waals surface area contributed by atoms with Gasteiger partial charge in [0.2, 0.25) is 9.84 Å². The summed E-state index contributed by atoms with van der Waals surface area (Å²) in [6, 6.07) is 1.31. The molecule has 0 aliphatic carbocycles. The van der Waals surface area contributed by atoms with E-state index < -0.39 is 20.7 Å². The van der Waals surface area contributed by atoms with Crippen LogP contribution in [0, 0.1) is 5.82 Å². The molecule has 0 N–H and O–H groups in total. The zero-order valence-electron chi connectivity index (χ0n) is 6.57. The van der Waals surface area contributed by atoms with Gasteiger partial charge >= 0.3 is 5.78 Å². The van der Waals surface area contributed by atoms with Gasteiger partial charge in [0.05, 0.1) is 11.6 Å². The molecule has 0 bridgehead atoms. The van der Waals surface area contributed by atoms with Crippen LogP contribution in [0.4, 0.5) is 4.39 Å². The van der Waals surface area contributed by atoms with Gasteiger partial charge in [0.1, 0.15) is 0 Å². The third kappa shape index (κ3) is 1.14. The van der Waals surface area contributed by atoms with Gasteiger partial charge in [-0.1, -0.05) is 0 Å². The molecule has 70 valence electrons. The van der Waals surface area contributed by atoms with Crippen molar-refractivity contribution in [2.75, 3.05) is 6.26 Å². The van der Waals surface area contributed by atoms with Crippen LogP contribution in [0.5, 0.6) is 0 Å². The number of hydrogen-bond acceptors (Lipinski definition) is 4. The summed E-state index contributed by atoms with van der Waals surface area (Å²) in [6.45, 7) is 0. The molecule has 2 aromatic heterocycles. The number of fused-ring (bicyclic) bond motifs is 1. The van der Waals surface area contributed by atoms with Crippen LogP contribution in [0.1, 0.15) is 0 Å². The molecule has 0 fully saturated rings. The van der Waals surface area contributed by atoms with Gasteiger partial charge in [0.15, 0.2) is 5.82 Å². The van der Waals surface area contributed by atoms with Crippen LogP contribution in [0.15, 0.2) is 26.3 Å². The minimum Gasteiger partial charge on any atom is -0.433 e.